The summed E-state index contributed by atoms with van der Waals surface area (Å²) in [5, 5.41) is 9.87. The summed E-state index contributed by atoms with van der Waals surface area (Å²) in [4.78, 5) is 0. The molecule has 0 aromatic carbocycles. The lowest BCUT2D eigenvalue weighted by atomic mass is 9.86. The van der Waals surface area contributed by atoms with Crippen molar-refractivity contribution >= 4 is 0 Å². The van der Waals surface area contributed by atoms with Crippen LogP contribution in [-0.2, 0) is 4.74 Å². The van der Waals surface area contributed by atoms with Crippen molar-refractivity contribution in [2.75, 3.05) is 0 Å². The molecule has 15 heavy (non-hydrogen) atoms. The van der Waals surface area contributed by atoms with E-state index in [2.05, 4.69) is 27.7 Å². The van der Waals surface area contributed by atoms with Crippen LogP contribution in [0, 0.1) is 5.41 Å². The van der Waals surface area contributed by atoms with Crippen molar-refractivity contribution < 1.29 is 9.84 Å². The molecule has 1 aliphatic rings. The summed E-state index contributed by atoms with van der Waals surface area (Å²) < 4.78 is 5.75. The van der Waals surface area contributed by atoms with Crippen molar-refractivity contribution in [2.24, 2.45) is 5.41 Å². The summed E-state index contributed by atoms with van der Waals surface area (Å²) in [6, 6.07) is 0. The smallest absolute Gasteiger partial charge is 0.0588 e. The van der Waals surface area contributed by atoms with E-state index in [0.717, 1.165) is 19.3 Å². The molecule has 0 aliphatic carbocycles. The SMILES string of the molecule is CC1CCC(CCCC(O)C(C)(C)C)O1. The van der Waals surface area contributed by atoms with Crippen LogP contribution in [0.25, 0.3) is 0 Å². The molecule has 3 unspecified atom stereocenters. The zero-order valence-electron chi connectivity index (χ0n) is 10.6. The van der Waals surface area contributed by atoms with Gasteiger partial charge in [-0.05, 0) is 44.4 Å². The fourth-order valence-corrected chi connectivity index (χ4v) is 2.07. The predicted octanol–water partition coefficient (Wildman–Crippen LogP) is 3.13. The molecule has 0 amide bonds. The monoisotopic (exact) mass is 214 g/mol. The molecule has 2 heteroatoms. The molecule has 0 radical (unpaired) electrons. The van der Waals surface area contributed by atoms with Crippen LogP contribution in [0.1, 0.15) is 59.8 Å². The highest BCUT2D eigenvalue weighted by molar-refractivity contribution is 4.75. The van der Waals surface area contributed by atoms with Crippen LogP contribution in [0.5, 0.6) is 0 Å². The molecule has 1 fully saturated rings. The molecule has 1 saturated heterocycles. The maximum atomic E-state index is 9.87. The Hall–Kier alpha value is -0.0800. The van der Waals surface area contributed by atoms with Crippen molar-refractivity contribution in [3.63, 3.8) is 0 Å². The number of hydrogen-bond donors (Lipinski definition) is 1. The number of hydrogen-bond acceptors (Lipinski definition) is 2. The minimum absolute atomic E-state index is 0.0177. The third kappa shape index (κ3) is 4.52. The van der Waals surface area contributed by atoms with E-state index >= 15 is 0 Å². The van der Waals surface area contributed by atoms with Gasteiger partial charge in [-0.3, -0.25) is 0 Å². The third-order valence-electron chi connectivity index (χ3n) is 3.32. The van der Waals surface area contributed by atoms with Gasteiger partial charge in [0.2, 0.25) is 0 Å². The normalized spacial score (nSPS) is 29.4. The van der Waals surface area contributed by atoms with Gasteiger partial charge in [0.15, 0.2) is 0 Å². The second-order valence-corrected chi connectivity index (χ2v) is 5.96. The molecule has 0 bridgehead atoms. The van der Waals surface area contributed by atoms with E-state index in [-0.39, 0.29) is 11.5 Å². The van der Waals surface area contributed by atoms with Gasteiger partial charge in [-0.2, -0.15) is 0 Å². The van der Waals surface area contributed by atoms with Crippen LogP contribution in [-0.4, -0.2) is 23.4 Å². The molecule has 1 aliphatic heterocycles. The lowest BCUT2D eigenvalue weighted by Crippen LogP contribution is -2.26. The molecular formula is C13H26O2. The van der Waals surface area contributed by atoms with Gasteiger partial charge >= 0.3 is 0 Å². The highest BCUT2D eigenvalue weighted by Crippen LogP contribution is 2.26. The van der Waals surface area contributed by atoms with E-state index in [1.807, 2.05) is 0 Å². The second kappa shape index (κ2) is 5.31. The van der Waals surface area contributed by atoms with Gasteiger partial charge in [0.1, 0.15) is 0 Å². The average Bonchev–Trinajstić information content (AvgIpc) is 2.49. The molecule has 0 spiro atoms. The zero-order valence-corrected chi connectivity index (χ0v) is 10.6. The minimum Gasteiger partial charge on any atom is -0.393 e. The quantitative estimate of drug-likeness (QED) is 0.779. The molecule has 3 atom stereocenters. The molecule has 2 nitrogen and oxygen atoms in total. The maximum absolute atomic E-state index is 9.87. The Labute approximate surface area is 94.0 Å². The number of aliphatic hydroxyl groups is 1. The lowest BCUT2D eigenvalue weighted by molar-refractivity contribution is 0.0325. The molecular weight excluding hydrogens is 188 g/mol. The number of aliphatic hydroxyl groups excluding tert-OH is 1. The van der Waals surface area contributed by atoms with Crippen molar-refractivity contribution in [2.45, 2.75) is 78.1 Å². The van der Waals surface area contributed by atoms with E-state index in [4.69, 9.17) is 4.74 Å². The lowest BCUT2D eigenvalue weighted by Gasteiger charge is -2.26. The van der Waals surface area contributed by atoms with Gasteiger partial charge in [0, 0.05) is 0 Å². The first-order valence-electron chi connectivity index (χ1n) is 6.23. The van der Waals surface area contributed by atoms with E-state index in [9.17, 15) is 5.11 Å². The Morgan fingerprint density at radius 1 is 1.33 bits per heavy atom. The summed E-state index contributed by atoms with van der Waals surface area (Å²) in [6.45, 7) is 8.41. The summed E-state index contributed by atoms with van der Waals surface area (Å²) in [6.07, 6.45) is 6.20. The Morgan fingerprint density at radius 3 is 2.47 bits per heavy atom. The van der Waals surface area contributed by atoms with Crippen LogP contribution in [0.2, 0.25) is 0 Å². The van der Waals surface area contributed by atoms with Crippen LogP contribution in [0.15, 0.2) is 0 Å². The Kier molecular flexibility index (Phi) is 4.60. The Bertz CT molecular complexity index is 183. The average molecular weight is 214 g/mol. The van der Waals surface area contributed by atoms with Gasteiger partial charge in [-0.25, -0.2) is 0 Å². The first-order chi connectivity index (χ1) is 6.89. The zero-order chi connectivity index (χ0) is 11.5. The summed E-state index contributed by atoms with van der Waals surface area (Å²) in [5.74, 6) is 0. The fraction of sp³-hybridized carbons (Fsp3) is 1.00. The van der Waals surface area contributed by atoms with Gasteiger partial charge in [-0.1, -0.05) is 20.8 Å². The van der Waals surface area contributed by atoms with E-state index < -0.39 is 0 Å². The number of ether oxygens (including phenoxy) is 1. The largest absolute Gasteiger partial charge is 0.393 e. The van der Waals surface area contributed by atoms with Crippen molar-refractivity contribution in [3.05, 3.63) is 0 Å². The van der Waals surface area contributed by atoms with Crippen LogP contribution < -0.4 is 0 Å². The Balaban J connectivity index is 2.11. The van der Waals surface area contributed by atoms with Crippen LogP contribution in [0.3, 0.4) is 0 Å². The van der Waals surface area contributed by atoms with Crippen LogP contribution >= 0.6 is 0 Å². The molecule has 1 rings (SSSR count). The highest BCUT2D eigenvalue weighted by Gasteiger charge is 2.24. The fourth-order valence-electron chi connectivity index (χ4n) is 2.07. The van der Waals surface area contributed by atoms with Crippen molar-refractivity contribution in [3.8, 4) is 0 Å². The topological polar surface area (TPSA) is 29.5 Å². The molecule has 0 saturated carbocycles. The highest BCUT2D eigenvalue weighted by atomic mass is 16.5. The van der Waals surface area contributed by atoms with Crippen molar-refractivity contribution in [1.82, 2.24) is 0 Å². The summed E-state index contributed by atoms with van der Waals surface area (Å²) >= 11 is 0. The first-order valence-corrected chi connectivity index (χ1v) is 6.23. The van der Waals surface area contributed by atoms with Gasteiger partial charge in [-0.15, -0.1) is 0 Å². The van der Waals surface area contributed by atoms with Crippen molar-refractivity contribution in [1.29, 1.82) is 0 Å². The van der Waals surface area contributed by atoms with E-state index in [1.165, 1.54) is 12.8 Å². The molecule has 90 valence electrons. The minimum atomic E-state index is -0.184. The predicted molar refractivity (Wildman–Crippen MR) is 62.9 cm³/mol. The Morgan fingerprint density at radius 2 is 2.00 bits per heavy atom. The molecule has 0 aromatic rings. The van der Waals surface area contributed by atoms with E-state index in [0.29, 0.717) is 12.2 Å². The second-order valence-electron chi connectivity index (χ2n) is 5.96. The van der Waals surface area contributed by atoms with Gasteiger partial charge in [0.25, 0.3) is 0 Å². The standard InChI is InChI=1S/C13H26O2/c1-10-8-9-11(15-10)6-5-7-12(14)13(2,3)4/h10-12,14H,5-9H2,1-4H3. The molecule has 1 N–H and O–H groups in total. The van der Waals surface area contributed by atoms with E-state index in [1.54, 1.807) is 0 Å². The number of rotatable bonds is 4. The van der Waals surface area contributed by atoms with Crippen LogP contribution in [0.4, 0.5) is 0 Å². The first kappa shape index (κ1) is 13.0. The third-order valence-corrected chi connectivity index (χ3v) is 3.32. The maximum Gasteiger partial charge on any atom is 0.0588 e. The summed E-state index contributed by atoms with van der Waals surface area (Å²) in [5.41, 5.74) is 0.0177. The molecule has 1 heterocycles. The van der Waals surface area contributed by atoms with Gasteiger partial charge in [0.05, 0.1) is 18.3 Å². The summed E-state index contributed by atoms with van der Waals surface area (Å²) in [7, 11) is 0. The van der Waals surface area contributed by atoms with Gasteiger partial charge < -0.3 is 9.84 Å². The molecule has 0 aromatic heterocycles.